The number of anilines is 1. The van der Waals surface area contributed by atoms with Crippen LogP contribution < -0.4 is 10.5 Å². The van der Waals surface area contributed by atoms with Gasteiger partial charge in [0.05, 0.1) is 7.11 Å². The van der Waals surface area contributed by atoms with E-state index in [2.05, 4.69) is 4.74 Å². The van der Waals surface area contributed by atoms with Crippen LogP contribution in [0.15, 0.2) is 18.2 Å². The maximum absolute atomic E-state index is 11.9. The van der Waals surface area contributed by atoms with E-state index in [0.717, 1.165) is 18.2 Å². The lowest BCUT2D eigenvalue weighted by atomic mass is 10.0. The van der Waals surface area contributed by atoms with Gasteiger partial charge in [0.1, 0.15) is 0 Å². The van der Waals surface area contributed by atoms with E-state index in [4.69, 9.17) is 5.73 Å². The molecule has 1 aromatic rings. The second-order valence-corrected chi connectivity index (χ2v) is 5.88. The highest BCUT2D eigenvalue weighted by Crippen LogP contribution is 2.22. The van der Waals surface area contributed by atoms with Crippen LogP contribution >= 0.6 is 0 Å². The van der Waals surface area contributed by atoms with Crippen molar-refractivity contribution in [2.75, 3.05) is 19.4 Å². The van der Waals surface area contributed by atoms with Gasteiger partial charge in [0.15, 0.2) is 0 Å². The van der Waals surface area contributed by atoms with Gasteiger partial charge in [0.2, 0.25) is 0 Å². The first-order valence-electron chi connectivity index (χ1n) is 5.65. The fourth-order valence-electron chi connectivity index (χ4n) is 1.97. The number of nitrogens with zero attached hydrogens (tertiary/aromatic N) is 1. The largest absolute Gasteiger partial charge is 0.452 e. The van der Waals surface area contributed by atoms with Crippen LogP contribution in [-0.2, 0) is 27.9 Å². The van der Waals surface area contributed by atoms with E-state index in [9.17, 15) is 13.2 Å². The van der Waals surface area contributed by atoms with Gasteiger partial charge in [-0.3, -0.25) is 0 Å². The van der Waals surface area contributed by atoms with Crippen molar-refractivity contribution < 1.29 is 17.9 Å². The quantitative estimate of drug-likeness (QED) is 0.757. The average molecular weight is 285 g/mol. The molecule has 0 saturated heterocycles. The van der Waals surface area contributed by atoms with E-state index in [0.29, 0.717) is 18.7 Å². The Bertz CT molecular complexity index is 600. The number of hydrogen-bond donors (Lipinski definition) is 2. The van der Waals surface area contributed by atoms with Gasteiger partial charge in [-0.2, -0.15) is 12.7 Å². The fraction of sp³-hybridized carbons (Fsp3) is 0.364. The van der Waals surface area contributed by atoms with Gasteiger partial charge in [-0.05, 0) is 29.7 Å². The summed E-state index contributed by atoms with van der Waals surface area (Å²) < 4.78 is 31.2. The third-order valence-electron chi connectivity index (χ3n) is 2.95. The molecule has 8 heteroatoms. The molecule has 1 aliphatic heterocycles. The van der Waals surface area contributed by atoms with E-state index < -0.39 is 16.3 Å². The van der Waals surface area contributed by atoms with Crippen molar-refractivity contribution in [3.8, 4) is 0 Å². The summed E-state index contributed by atoms with van der Waals surface area (Å²) >= 11 is 0. The number of amides is 1. The molecule has 0 aliphatic carbocycles. The Kier molecular flexibility index (Phi) is 3.63. The lowest BCUT2D eigenvalue weighted by molar-refractivity contribution is 0.176. The number of rotatable bonds is 2. The van der Waals surface area contributed by atoms with Crippen molar-refractivity contribution >= 4 is 22.0 Å². The maximum atomic E-state index is 11.9. The Morgan fingerprint density at radius 1 is 1.42 bits per heavy atom. The predicted octanol–water partition coefficient (Wildman–Crippen LogP) is 0.228. The van der Waals surface area contributed by atoms with E-state index in [1.807, 2.05) is 10.8 Å². The molecule has 0 saturated carbocycles. The Balaban J connectivity index is 2.19. The van der Waals surface area contributed by atoms with Crippen molar-refractivity contribution in [2.45, 2.75) is 13.0 Å². The number of nitrogens with two attached hydrogens (primary N) is 1. The second kappa shape index (κ2) is 5.06. The van der Waals surface area contributed by atoms with E-state index in [-0.39, 0.29) is 6.54 Å². The molecule has 1 aromatic carbocycles. The van der Waals surface area contributed by atoms with Crippen molar-refractivity contribution in [1.29, 1.82) is 0 Å². The average Bonchev–Trinajstić information content (AvgIpc) is 2.37. The highest BCUT2D eigenvalue weighted by atomic mass is 32.2. The zero-order chi connectivity index (χ0) is 14.0. The maximum Gasteiger partial charge on any atom is 0.421 e. The molecule has 1 heterocycles. The summed E-state index contributed by atoms with van der Waals surface area (Å²) in [5, 5.41) is 0. The molecule has 2 rings (SSSR count). The zero-order valence-electron chi connectivity index (χ0n) is 10.4. The number of nitrogen functional groups attached to an aromatic ring is 1. The summed E-state index contributed by atoms with van der Waals surface area (Å²) in [4.78, 5) is 11.0. The Hall–Kier alpha value is -1.80. The highest BCUT2D eigenvalue weighted by molar-refractivity contribution is 7.87. The molecule has 0 aromatic heterocycles. The van der Waals surface area contributed by atoms with Crippen LogP contribution in [-0.4, -0.2) is 32.5 Å². The molecule has 0 unspecified atom stereocenters. The van der Waals surface area contributed by atoms with Crippen LogP contribution in [0.5, 0.6) is 0 Å². The molecule has 0 spiro atoms. The number of carbonyl (C=O) groups is 1. The smallest absolute Gasteiger partial charge is 0.421 e. The Labute approximate surface area is 111 Å². The lowest BCUT2D eigenvalue weighted by Crippen LogP contribution is -2.45. The van der Waals surface area contributed by atoms with Crippen LogP contribution in [0.25, 0.3) is 0 Å². The second-order valence-electron chi connectivity index (χ2n) is 4.21. The number of hydrogen-bond acceptors (Lipinski definition) is 5. The Morgan fingerprint density at radius 2 is 2.16 bits per heavy atom. The summed E-state index contributed by atoms with van der Waals surface area (Å²) in [5.41, 5.74) is 8.18. The van der Waals surface area contributed by atoms with Crippen LogP contribution in [0.4, 0.5) is 10.5 Å². The van der Waals surface area contributed by atoms with Crippen LogP contribution in [0.3, 0.4) is 0 Å². The van der Waals surface area contributed by atoms with Gasteiger partial charge >= 0.3 is 16.3 Å². The number of carbonyl (C=O) groups excluding carboxylic acids is 1. The first-order chi connectivity index (χ1) is 8.92. The molecule has 0 fully saturated rings. The van der Waals surface area contributed by atoms with E-state index in [1.54, 1.807) is 12.1 Å². The van der Waals surface area contributed by atoms with Crippen molar-refractivity contribution in [3.05, 3.63) is 29.3 Å². The summed E-state index contributed by atoms with van der Waals surface area (Å²) in [6.45, 7) is 0.496. The molecule has 3 N–H and O–H groups in total. The fourth-order valence-corrected chi connectivity index (χ4v) is 3.03. The van der Waals surface area contributed by atoms with Crippen molar-refractivity contribution in [2.24, 2.45) is 0 Å². The molecule has 1 amide bonds. The van der Waals surface area contributed by atoms with E-state index in [1.165, 1.54) is 4.31 Å². The number of fused-ring (bicyclic) bond motifs is 1. The monoisotopic (exact) mass is 285 g/mol. The number of ether oxygens (including phenoxy) is 1. The topological polar surface area (TPSA) is 102 Å². The minimum Gasteiger partial charge on any atom is -0.452 e. The number of benzene rings is 1. The van der Waals surface area contributed by atoms with Gasteiger partial charge in [-0.25, -0.2) is 9.52 Å². The number of nitrogens with one attached hydrogen (secondary N) is 1. The van der Waals surface area contributed by atoms with Crippen LogP contribution in [0, 0.1) is 0 Å². The predicted molar refractivity (Wildman–Crippen MR) is 69.4 cm³/mol. The van der Waals surface area contributed by atoms with Crippen molar-refractivity contribution in [1.82, 2.24) is 9.03 Å². The first kappa shape index (κ1) is 13.6. The standard InChI is InChI=1S/C11H15N3O4S/c1-18-11(15)13-19(16,17)14-5-4-8-2-3-10(12)6-9(8)7-14/h2-3,6H,4-5,7,12H2,1H3,(H,13,15). The van der Waals surface area contributed by atoms with Gasteiger partial charge in [-0.15, -0.1) is 0 Å². The Morgan fingerprint density at radius 3 is 2.84 bits per heavy atom. The van der Waals surface area contributed by atoms with Gasteiger partial charge < -0.3 is 10.5 Å². The summed E-state index contributed by atoms with van der Waals surface area (Å²) in [6, 6.07) is 5.42. The van der Waals surface area contributed by atoms with Gasteiger partial charge in [0, 0.05) is 18.8 Å². The van der Waals surface area contributed by atoms with E-state index >= 15 is 0 Å². The molecule has 7 nitrogen and oxygen atoms in total. The van der Waals surface area contributed by atoms with Crippen LogP contribution in [0.2, 0.25) is 0 Å². The molecule has 0 bridgehead atoms. The molecule has 0 radical (unpaired) electrons. The summed E-state index contributed by atoms with van der Waals surface area (Å²) in [5.74, 6) is 0. The molecule has 19 heavy (non-hydrogen) atoms. The molecular weight excluding hydrogens is 270 g/mol. The normalized spacial score (nSPS) is 15.6. The highest BCUT2D eigenvalue weighted by Gasteiger charge is 2.28. The molecule has 104 valence electrons. The molecule has 0 atom stereocenters. The lowest BCUT2D eigenvalue weighted by Gasteiger charge is -2.27. The minimum absolute atomic E-state index is 0.187. The van der Waals surface area contributed by atoms with Gasteiger partial charge in [0.25, 0.3) is 0 Å². The third kappa shape index (κ3) is 2.96. The number of methoxy groups -OCH3 is 1. The first-order valence-corrected chi connectivity index (χ1v) is 7.09. The zero-order valence-corrected chi connectivity index (χ0v) is 11.2. The summed E-state index contributed by atoms with van der Waals surface area (Å²) in [7, 11) is -2.77. The molecular formula is C11H15N3O4S. The van der Waals surface area contributed by atoms with Crippen LogP contribution in [0.1, 0.15) is 11.1 Å². The summed E-state index contributed by atoms with van der Waals surface area (Å²) in [6.07, 6.45) is -0.420. The van der Waals surface area contributed by atoms with Crippen molar-refractivity contribution in [3.63, 3.8) is 0 Å². The van der Waals surface area contributed by atoms with Gasteiger partial charge in [-0.1, -0.05) is 6.07 Å². The minimum atomic E-state index is -3.88. The third-order valence-corrected chi connectivity index (χ3v) is 4.36. The SMILES string of the molecule is COC(=O)NS(=O)(=O)N1CCc2ccc(N)cc2C1. The molecule has 1 aliphatic rings.